The molecule has 1 heterocycles. The van der Waals surface area contributed by atoms with E-state index in [-0.39, 0.29) is 12.5 Å². The fourth-order valence-corrected chi connectivity index (χ4v) is 4.03. The summed E-state index contributed by atoms with van der Waals surface area (Å²) < 4.78 is 10.3. The first-order valence-electron chi connectivity index (χ1n) is 14.4. The number of amides is 6. The minimum absolute atomic E-state index is 0.0299. The van der Waals surface area contributed by atoms with Gasteiger partial charge in [0.15, 0.2) is 0 Å². The van der Waals surface area contributed by atoms with E-state index in [9.17, 15) is 28.8 Å². The smallest absolute Gasteiger partial charge is 0.407 e. The number of nitrogens with one attached hydrogen (secondary N) is 5. The van der Waals surface area contributed by atoms with Gasteiger partial charge in [-0.3, -0.25) is 24.0 Å². The van der Waals surface area contributed by atoms with Gasteiger partial charge in [-0.05, 0) is 61.0 Å². The predicted octanol–water partition coefficient (Wildman–Crippen LogP) is 0.351. The molecular formula is C30H46N6O8. The van der Waals surface area contributed by atoms with Gasteiger partial charge in [-0.2, -0.15) is 0 Å². The molecule has 1 aliphatic heterocycles. The van der Waals surface area contributed by atoms with E-state index >= 15 is 0 Å². The lowest BCUT2D eigenvalue weighted by molar-refractivity contribution is -0.145. The van der Waals surface area contributed by atoms with E-state index in [0.717, 1.165) is 5.56 Å². The molecule has 44 heavy (non-hydrogen) atoms. The Morgan fingerprint density at radius 2 is 1.16 bits per heavy atom. The first-order chi connectivity index (χ1) is 20.3. The van der Waals surface area contributed by atoms with Crippen LogP contribution < -0.4 is 26.6 Å². The first kappa shape index (κ1) is 36.0. The lowest BCUT2D eigenvalue weighted by Gasteiger charge is -2.38. The Labute approximate surface area is 258 Å². The molecule has 1 saturated heterocycles. The van der Waals surface area contributed by atoms with E-state index in [1.807, 2.05) is 6.07 Å². The van der Waals surface area contributed by atoms with Crippen molar-refractivity contribution in [2.45, 2.75) is 84.2 Å². The van der Waals surface area contributed by atoms with Crippen LogP contribution in [0.1, 0.15) is 61.0 Å². The topological polar surface area (TPSA) is 184 Å². The van der Waals surface area contributed by atoms with Crippen molar-refractivity contribution in [3.05, 3.63) is 35.9 Å². The SMILES string of the molecule is CC(C)(NC(=O)CNC(=O)OCc1ccccc1)C(=O)NC(C)(C)C(=O)NC(C)(C)C(=O)NC(C)(C)C(=O)N1CCOCC1. The number of hydrogen-bond donors (Lipinski definition) is 5. The molecule has 1 aromatic rings. The van der Waals surface area contributed by atoms with Crippen LogP contribution in [0, 0.1) is 0 Å². The molecule has 0 spiro atoms. The minimum atomic E-state index is -1.50. The van der Waals surface area contributed by atoms with Crippen LogP contribution in [-0.2, 0) is 40.1 Å². The highest BCUT2D eigenvalue weighted by Gasteiger charge is 2.42. The highest BCUT2D eigenvalue weighted by molar-refractivity contribution is 6.00. The molecule has 1 aliphatic rings. The maximum Gasteiger partial charge on any atom is 0.407 e. The van der Waals surface area contributed by atoms with Gasteiger partial charge < -0.3 is 41.0 Å². The van der Waals surface area contributed by atoms with Gasteiger partial charge >= 0.3 is 6.09 Å². The van der Waals surface area contributed by atoms with Crippen molar-refractivity contribution < 1.29 is 38.2 Å². The molecule has 14 nitrogen and oxygen atoms in total. The maximum absolute atomic E-state index is 13.2. The van der Waals surface area contributed by atoms with Crippen LogP contribution in [0.15, 0.2) is 30.3 Å². The van der Waals surface area contributed by atoms with Crippen LogP contribution in [0.25, 0.3) is 0 Å². The van der Waals surface area contributed by atoms with Crippen LogP contribution >= 0.6 is 0 Å². The summed E-state index contributed by atoms with van der Waals surface area (Å²) in [6.45, 7) is 13.2. The van der Waals surface area contributed by atoms with Gasteiger partial charge in [-0.15, -0.1) is 0 Å². The first-order valence-corrected chi connectivity index (χ1v) is 14.4. The quantitative estimate of drug-likeness (QED) is 0.222. The minimum Gasteiger partial charge on any atom is -0.445 e. The molecule has 244 valence electrons. The van der Waals surface area contributed by atoms with E-state index in [4.69, 9.17) is 9.47 Å². The molecule has 0 atom stereocenters. The number of nitrogens with zero attached hydrogens (tertiary/aromatic N) is 1. The van der Waals surface area contributed by atoms with Crippen molar-refractivity contribution >= 4 is 35.6 Å². The molecule has 0 unspecified atom stereocenters. The number of carbonyl (C=O) groups excluding carboxylic acids is 6. The number of hydrogen-bond acceptors (Lipinski definition) is 8. The second-order valence-corrected chi connectivity index (χ2v) is 12.7. The summed E-state index contributed by atoms with van der Waals surface area (Å²) in [5.74, 6) is -2.88. The fraction of sp³-hybridized carbons (Fsp3) is 0.600. The Balaban J connectivity index is 1.89. The largest absolute Gasteiger partial charge is 0.445 e. The van der Waals surface area contributed by atoms with Crippen LogP contribution in [-0.4, -0.2) is 95.5 Å². The number of benzene rings is 1. The van der Waals surface area contributed by atoms with Gasteiger partial charge in [0, 0.05) is 13.1 Å². The van der Waals surface area contributed by atoms with Crippen molar-refractivity contribution in [1.29, 1.82) is 0 Å². The second kappa shape index (κ2) is 14.5. The number of rotatable bonds is 12. The van der Waals surface area contributed by atoms with Gasteiger partial charge in [0.05, 0.1) is 13.2 Å². The van der Waals surface area contributed by atoms with E-state index in [1.165, 1.54) is 41.5 Å². The Hall–Kier alpha value is -4.20. The Kier molecular flexibility index (Phi) is 11.9. The molecule has 5 N–H and O–H groups in total. The maximum atomic E-state index is 13.2. The molecule has 0 aromatic heterocycles. The number of ether oxygens (including phenoxy) is 2. The average molecular weight is 619 g/mol. The molecule has 0 aliphatic carbocycles. The molecule has 0 radical (unpaired) electrons. The summed E-state index contributed by atoms with van der Waals surface area (Å²) in [5, 5.41) is 12.8. The zero-order valence-corrected chi connectivity index (χ0v) is 26.8. The lowest BCUT2D eigenvalue weighted by Crippen LogP contribution is -2.68. The van der Waals surface area contributed by atoms with Crippen molar-refractivity contribution in [2.75, 3.05) is 32.8 Å². The lowest BCUT2D eigenvalue weighted by atomic mass is 9.95. The Morgan fingerprint density at radius 1 is 0.705 bits per heavy atom. The molecular weight excluding hydrogens is 572 g/mol. The summed E-state index contributed by atoms with van der Waals surface area (Å²) in [7, 11) is 0. The summed E-state index contributed by atoms with van der Waals surface area (Å²) in [4.78, 5) is 78.4. The number of morpholine rings is 1. The zero-order chi connectivity index (χ0) is 33.3. The highest BCUT2D eigenvalue weighted by atomic mass is 16.5. The molecule has 14 heteroatoms. The van der Waals surface area contributed by atoms with Gasteiger partial charge in [0.1, 0.15) is 35.3 Å². The van der Waals surface area contributed by atoms with Gasteiger partial charge in [-0.25, -0.2) is 4.79 Å². The van der Waals surface area contributed by atoms with E-state index in [0.29, 0.717) is 26.3 Å². The zero-order valence-electron chi connectivity index (χ0n) is 26.8. The second-order valence-electron chi connectivity index (χ2n) is 12.7. The Morgan fingerprint density at radius 3 is 1.66 bits per heavy atom. The normalized spacial score (nSPS) is 14.1. The highest BCUT2D eigenvalue weighted by Crippen LogP contribution is 2.15. The standard InChI is InChI=1S/C30H46N6O8/c1-27(2,32-21(37)18-31-26(42)44-19-20-12-10-9-11-13-20)22(38)33-28(3,4)23(39)34-29(5,6)24(40)35-30(7,8)25(41)36-14-16-43-17-15-36/h9-13H,14-19H2,1-8H3,(H,31,42)(H,32,37)(H,33,38)(H,34,39)(H,35,40). The third-order valence-electron chi connectivity index (χ3n) is 6.87. The number of alkyl carbamates (subject to hydrolysis) is 1. The van der Waals surface area contributed by atoms with Crippen LogP contribution in [0.5, 0.6) is 0 Å². The van der Waals surface area contributed by atoms with E-state index < -0.39 is 58.4 Å². The van der Waals surface area contributed by atoms with Gasteiger partial charge in [0.2, 0.25) is 29.5 Å². The monoisotopic (exact) mass is 618 g/mol. The van der Waals surface area contributed by atoms with E-state index in [1.54, 1.807) is 43.0 Å². The van der Waals surface area contributed by atoms with Crippen molar-refractivity contribution in [3.8, 4) is 0 Å². The van der Waals surface area contributed by atoms with Crippen LogP contribution in [0.3, 0.4) is 0 Å². The third-order valence-corrected chi connectivity index (χ3v) is 6.87. The molecule has 2 rings (SSSR count). The summed E-state index contributed by atoms with van der Waals surface area (Å²) in [5.41, 5.74) is -4.89. The summed E-state index contributed by atoms with van der Waals surface area (Å²) in [6, 6.07) is 9.01. The van der Waals surface area contributed by atoms with Gasteiger partial charge in [0.25, 0.3) is 0 Å². The van der Waals surface area contributed by atoms with Crippen LogP contribution in [0.2, 0.25) is 0 Å². The summed E-state index contributed by atoms with van der Waals surface area (Å²) >= 11 is 0. The number of carbonyl (C=O) groups is 6. The molecule has 0 bridgehead atoms. The fourth-order valence-electron chi connectivity index (χ4n) is 4.03. The summed E-state index contributed by atoms with van der Waals surface area (Å²) in [6.07, 6.45) is -0.801. The van der Waals surface area contributed by atoms with E-state index in [2.05, 4.69) is 26.6 Å². The predicted molar refractivity (Wildman–Crippen MR) is 161 cm³/mol. The average Bonchev–Trinajstić information content (AvgIpc) is 2.94. The van der Waals surface area contributed by atoms with Crippen molar-refractivity contribution in [1.82, 2.24) is 31.5 Å². The molecule has 6 amide bonds. The van der Waals surface area contributed by atoms with Crippen molar-refractivity contribution in [2.24, 2.45) is 0 Å². The third kappa shape index (κ3) is 10.5. The van der Waals surface area contributed by atoms with Crippen LogP contribution in [0.4, 0.5) is 4.79 Å². The molecule has 0 saturated carbocycles. The van der Waals surface area contributed by atoms with Gasteiger partial charge in [-0.1, -0.05) is 30.3 Å². The molecule has 1 fully saturated rings. The molecule has 1 aromatic carbocycles. The Bertz CT molecular complexity index is 1220. The van der Waals surface area contributed by atoms with Crippen molar-refractivity contribution in [3.63, 3.8) is 0 Å².